The number of aromatic nitrogens is 2. The third-order valence-corrected chi connectivity index (χ3v) is 4.22. The first-order valence-electron chi connectivity index (χ1n) is 7.74. The minimum absolute atomic E-state index is 0.0688. The van der Waals surface area contributed by atoms with Crippen molar-refractivity contribution < 1.29 is 9.59 Å². The Balaban J connectivity index is 1.99. The number of hydrogen-bond donors (Lipinski definition) is 2. The Kier molecular flexibility index (Phi) is 5.54. The van der Waals surface area contributed by atoms with Gasteiger partial charge in [-0.05, 0) is 32.2 Å². The van der Waals surface area contributed by atoms with Crippen LogP contribution in [0.25, 0.3) is 0 Å². The second-order valence-corrected chi connectivity index (χ2v) is 5.97. The highest BCUT2D eigenvalue weighted by molar-refractivity contribution is 5.83. The van der Waals surface area contributed by atoms with Crippen molar-refractivity contribution >= 4 is 11.8 Å². The molecule has 22 heavy (non-hydrogen) atoms. The maximum absolute atomic E-state index is 12.8. The first kappa shape index (κ1) is 16.5. The van der Waals surface area contributed by atoms with Gasteiger partial charge in [0.25, 0.3) is 0 Å². The molecular weight excluding hydrogens is 282 g/mol. The summed E-state index contributed by atoms with van der Waals surface area (Å²) in [6.45, 7) is 1.47. The predicted molar refractivity (Wildman–Crippen MR) is 82.7 cm³/mol. The average Bonchev–Trinajstić information content (AvgIpc) is 2.92. The van der Waals surface area contributed by atoms with Crippen molar-refractivity contribution in [3.63, 3.8) is 0 Å². The molecule has 2 heterocycles. The van der Waals surface area contributed by atoms with Crippen molar-refractivity contribution in [2.75, 3.05) is 20.1 Å². The van der Waals surface area contributed by atoms with E-state index in [-0.39, 0.29) is 17.9 Å². The monoisotopic (exact) mass is 307 g/mol. The summed E-state index contributed by atoms with van der Waals surface area (Å²) in [7, 11) is 3.62. The number of carbonyl (C=O) groups is 2. The van der Waals surface area contributed by atoms with Gasteiger partial charge in [-0.25, -0.2) is 0 Å². The molecule has 1 aromatic heterocycles. The van der Waals surface area contributed by atoms with Gasteiger partial charge in [-0.3, -0.25) is 14.3 Å². The van der Waals surface area contributed by atoms with Crippen LogP contribution in [0.2, 0.25) is 0 Å². The van der Waals surface area contributed by atoms with Crippen LogP contribution >= 0.6 is 0 Å². The van der Waals surface area contributed by atoms with Crippen LogP contribution in [0, 0.1) is 5.92 Å². The standard InChI is InChI=1S/C15H25N5O2/c1-17-14(12-8-18-19(2)10-12)15(22)20-7-3-4-11(9-20)5-6-13(16)21/h8,10-11,14,17H,3-7,9H2,1-2H3,(H2,16,21). The summed E-state index contributed by atoms with van der Waals surface area (Å²) in [5, 5.41) is 7.21. The number of aryl methyl sites for hydroxylation is 1. The van der Waals surface area contributed by atoms with E-state index in [0.717, 1.165) is 31.4 Å². The highest BCUT2D eigenvalue weighted by Gasteiger charge is 2.29. The van der Waals surface area contributed by atoms with E-state index in [9.17, 15) is 9.59 Å². The van der Waals surface area contributed by atoms with Crippen molar-refractivity contribution in [3.05, 3.63) is 18.0 Å². The molecule has 1 aliphatic rings. The molecule has 0 aromatic carbocycles. The van der Waals surface area contributed by atoms with Gasteiger partial charge in [-0.2, -0.15) is 5.10 Å². The Hall–Kier alpha value is -1.89. The molecule has 1 saturated heterocycles. The van der Waals surface area contributed by atoms with Gasteiger partial charge in [-0.15, -0.1) is 0 Å². The van der Waals surface area contributed by atoms with Crippen LogP contribution in [0.5, 0.6) is 0 Å². The quantitative estimate of drug-likeness (QED) is 0.784. The fourth-order valence-corrected chi connectivity index (χ4v) is 3.05. The Morgan fingerprint density at radius 2 is 2.32 bits per heavy atom. The molecule has 1 aromatic rings. The van der Waals surface area contributed by atoms with Crippen molar-refractivity contribution in [3.8, 4) is 0 Å². The largest absolute Gasteiger partial charge is 0.370 e. The number of primary amides is 1. The summed E-state index contributed by atoms with van der Waals surface area (Å²) in [5.74, 6) is 0.155. The normalized spacial score (nSPS) is 19.9. The molecule has 1 aliphatic heterocycles. The molecule has 122 valence electrons. The number of nitrogens with one attached hydrogen (secondary N) is 1. The molecule has 3 N–H and O–H groups in total. The van der Waals surface area contributed by atoms with E-state index in [0.29, 0.717) is 18.9 Å². The molecule has 0 bridgehead atoms. The van der Waals surface area contributed by atoms with Crippen molar-refractivity contribution in [2.45, 2.75) is 31.7 Å². The van der Waals surface area contributed by atoms with E-state index in [1.54, 1.807) is 17.9 Å². The summed E-state index contributed by atoms with van der Waals surface area (Å²) >= 11 is 0. The summed E-state index contributed by atoms with van der Waals surface area (Å²) < 4.78 is 1.69. The molecule has 2 atom stereocenters. The van der Waals surface area contributed by atoms with Gasteiger partial charge in [0, 0.05) is 38.3 Å². The summed E-state index contributed by atoms with van der Waals surface area (Å²) in [6.07, 6.45) is 6.75. The van der Waals surface area contributed by atoms with Crippen LogP contribution in [-0.4, -0.2) is 46.6 Å². The Labute approximate surface area is 130 Å². The number of nitrogens with two attached hydrogens (primary N) is 1. The van der Waals surface area contributed by atoms with Crippen LogP contribution in [0.15, 0.2) is 12.4 Å². The Morgan fingerprint density at radius 1 is 1.55 bits per heavy atom. The highest BCUT2D eigenvalue weighted by atomic mass is 16.2. The third-order valence-electron chi connectivity index (χ3n) is 4.22. The van der Waals surface area contributed by atoms with Gasteiger partial charge >= 0.3 is 0 Å². The number of piperidine rings is 1. The van der Waals surface area contributed by atoms with Crippen molar-refractivity contribution in [2.24, 2.45) is 18.7 Å². The lowest BCUT2D eigenvalue weighted by Gasteiger charge is -2.34. The number of carbonyl (C=O) groups excluding carboxylic acids is 2. The predicted octanol–water partition coefficient (Wildman–Crippen LogP) is 0.185. The number of likely N-dealkylation sites (tertiary alicyclic amines) is 1. The van der Waals surface area contributed by atoms with E-state index >= 15 is 0 Å². The molecular formula is C15H25N5O2. The number of hydrogen-bond acceptors (Lipinski definition) is 4. The fraction of sp³-hybridized carbons (Fsp3) is 0.667. The molecule has 2 unspecified atom stereocenters. The van der Waals surface area contributed by atoms with Gasteiger partial charge in [0.2, 0.25) is 11.8 Å². The minimum atomic E-state index is -0.372. The zero-order valence-corrected chi connectivity index (χ0v) is 13.3. The van der Waals surface area contributed by atoms with Gasteiger partial charge in [-0.1, -0.05) is 0 Å². The lowest BCUT2D eigenvalue weighted by molar-refractivity contribution is -0.135. The van der Waals surface area contributed by atoms with Crippen LogP contribution in [-0.2, 0) is 16.6 Å². The number of rotatable bonds is 6. The lowest BCUT2D eigenvalue weighted by Crippen LogP contribution is -2.45. The van der Waals surface area contributed by atoms with Crippen LogP contribution in [0.1, 0.15) is 37.3 Å². The molecule has 7 heteroatoms. The SMILES string of the molecule is CNC(C(=O)N1CCCC(CCC(N)=O)C1)c1cnn(C)c1. The molecule has 0 radical (unpaired) electrons. The molecule has 1 fully saturated rings. The Bertz CT molecular complexity index is 528. The van der Waals surface area contributed by atoms with Crippen molar-refractivity contribution in [1.29, 1.82) is 0 Å². The van der Waals surface area contributed by atoms with Gasteiger partial charge in [0.05, 0.1) is 6.20 Å². The zero-order chi connectivity index (χ0) is 16.1. The van der Waals surface area contributed by atoms with Crippen LogP contribution < -0.4 is 11.1 Å². The molecule has 7 nitrogen and oxygen atoms in total. The van der Waals surface area contributed by atoms with Gasteiger partial charge in [0.15, 0.2) is 0 Å². The first-order chi connectivity index (χ1) is 10.5. The number of likely N-dealkylation sites (N-methyl/N-ethyl adjacent to an activating group) is 1. The van der Waals surface area contributed by atoms with E-state index in [1.165, 1.54) is 0 Å². The second-order valence-electron chi connectivity index (χ2n) is 5.97. The molecule has 0 saturated carbocycles. The van der Waals surface area contributed by atoms with Gasteiger partial charge < -0.3 is 16.0 Å². The van der Waals surface area contributed by atoms with Crippen LogP contribution in [0.3, 0.4) is 0 Å². The smallest absolute Gasteiger partial charge is 0.244 e. The average molecular weight is 307 g/mol. The third kappa shape index (κ3) is 4.07. The lowest BCUT2D eigenvalue weighted by atomic mass is 9.92. The molecule has 0 spiro atoms. The maximum atomic E-state index is 12.8. The molecule has 2 amide bonds. The minimum Gasteiger partial charge on any atom is -0.370 e. The van der Waals surface area contributed by atoms with E-state index < -0.39 is 0 Å². The molecule has 0 aliphatic carbocycles. The second kappa shape index (κ2) is 7.40. The summed E-state index contributed by atoms with van der Waals surface area (Å²) in [5.41, 5.74) is 6.08. The maximum Gasteiger partial charge on any atom is 0.244 e. The number of nitrogens with zero attached hydrogens (tertiary/aromatic N) is 3. The first-order valence-corrected chi connectivity index (χ1v) is 7.74. The summed E-state index contributed by atoms with van der Waals surface area (Å²) in [6, 6.07) is -0.372. The van der Waals surface area contributed by atoms with Gasteiger partial charge in [0.1, 0.15) is 6.04 Å². The summed E-state index contributed by atoms with van der Waals surface area (Å²) in [4.78, 5) is 25.6. The van der Waals surface area contributed by atoms with E-state index in [1.807, 2.05) is 18.1 Å². The van der Waals surface area contributed by atoms with Crippen LogP contribution in [0.4, 0.5) is 0 Å². The van der Waals surface area contributed by atoms with E-state index in [4.69, 9.17) is 5.73 Å². The zero-order valence-electron chi connectivity index (χ0n) is 13.3. The number of amides is 2. The molecule has 2 rings (SSSR count). The highest BCUT2D eigenvalue weighted by Crippen LogP contribution is 2.24. The van der Waals surface area contributed by atoms with E-state index in [2.05, 4.69) is 10.4 Å². The topological polar surface area (TPSA) is 93.2 Å². The fourth-order valence-electron chi connectivity index (χ4n) is 3.05. The Morgan fingerprint density at radius 3 is 2.91 bits per heavy atom. The van der Waals surface area contributed by atoms with Crippen molar-refractivity contribution in [1.82, 2.24) is 20.0 Å².